The smallest absolute Gasteiger partial charge is 0.143 e. The Balaban J connectivity index is 1.70. The quantitative estimate of drug-likeness (QED) is 0.569. The molecule has 0 unspecified atom stereocenters. The Hall–Kier alpha value is -3.38. The SMILES string of the molecule is C=C1C(C)=CC(c2nc3cnc(N4CCOC[C@@H]4C)cc3n2[C@@H](C)c2ccccc2)=CN1C. The molecule has 2 aliphatic rings. The number of rotatable bonds is 4. The van der Waals surface area contributed by atoms with Gasteiger partial charge in [0, 0.05) is 37.1 Å². The number of allylic oxidation sites excluding steroid dienone is 3. The van der Waals surface area contributed by atoms with E-state index in [1.54, 1.807) is 0 Å². The summed E-state index contributed by atoms with van der Waals surface area (Å²) in [5, 5.41) is 0. The predicted octanol–water partition coefficient (Wildman–Crippen LogP) is 5.01. The molecule has 2 atom stereocenters. The number of fused-ring (bicyclic) bond motifs is 1. The van der Waals surface area contributed by atoms with Crippen molar-refractivity contribution in [1.82, 2.24) is 19.4 Å². The van der Waals surface area contributed by atoms with Gasteiger partial charge in [0.25, 0.3) is 0 Å². The Morgan fingerprint density at radius 2 is 2.00 bits per heavy atom. The number of aromatic nitrogens is 3. The molecule has 6 nitrogen and oxygen atoms in total. The average Bonchev–Trinajstić information content (AvgIpc) is 3.21. The molecule has 0 radical (unpaired) electrons. The first-order valence-electron chi connectivity index (χ1n) is 11.5. The molecule has 2 aromatic heterocycles. The van der Waals surface area contributed by atoms with Gasteiger partial charge in [0.15, 0.2) is 0 Å². The van der Waals surface area contributed by atoms with Gasteiger partial charge in [-0.25, -0.2) is 9.97 Å². The molecule has 0 aliphatic carbocycles. The van der Waals surface area contributed by atoms with Crippen molar-refractivity contribution in [3.05, 3.63) is 84.1 Å². The highest BCUT2D eigenvalue weighted by molar-refractivity contribution is 5.84. The number of pyridine rings is 1. The van der Waals surface area contributed by atoms with Gasteiger partial charge in [-0.1, -0.05) is 36.9 Å². The maximum atomic E-state index is 5.64. The Kier molecular flexibility index (Phi) is 5.54. The predicted molar refractivity (Wildman–Crippen MR) is 134 cm³/mol. The molecular weight excluding hydrogens is 410 g/mol. The number of hydrogen-bond donors (Lipinski definition) is 0. The van der Waals surface area contributed by atoms with Crippen LogP contribution in [0.1, 0.15) is 38.2 Å². The molecule has 1 fully saturated rings. The summed E-state index contributed by atoms with van der Waals surface area (Å²) in [4.78, 5) is 14.3. The Morgan fingerprint density at radius 1 is 1.21 bits per heavy atom. The lowest BCUT2D eigenvalue weighted by molar-refractivity contribution is 0.0985. The summed E-state index contributed by atoms with van der Waals surface area (Å²) in [5.41, 5.74) is 6.44. The molecule has 1 saturated heterocycles. The van der Waals surface area contributed by atoms with Crippen molar-refractivity contribution in [2.45, 2.75) is 32.9 Å². The van der Waals surface area contributed by atoms with Crippen LogP contribution in [-0.4, -0.2) is 52.3 Å². The van der Waals surface area contributed by atoms with E-state index in [1.807, 2.05) is 13.2 Å². The zero-order valence-corrected chi connectivity index (χ0v) is 19.8. The lowest BCUT2D eigenvalue weighted by Crippen LogP contribution is -2.44. The van der Waals surface area contributed by atoms with E-state index in [4.69, 9.17) is 14.7 Å². The summed E-state index contributed by atoms with van der Waals surface area (Å²) in [7, 11) is 2.03. The zero-order chi connectivity index (χ0) is 23.1. The van der Waals surface area contributed by atoms with Gasteiger partial charge in [-0.05, 0) is 38.0 Å². The summed E-state index contributed by atoms with van der Waals surface area (Å²) in [6.07, 6.45) is 6.20. The van der Waals surface area contributed by atoms with Crippen molar-refractivity contribution in [3.63, 3.8) is 0 Å². The minimum atomic E-state index is 0.105. The molecular formula is C27H31N5O. The molecule has 2 aliphatic heterocycles. The van der Waals surface area contributed by atoms with Gasteiger partial charge >= 0.3 is 0 Å². The van der Waals surface area contributed by atoms with Gasteiger partial charge in [0.1, 0.15) is 17.2 Å². The largest absolute Gasteiger partial charge is 0.377 e. The highest BCUT2D eigenvalue weighted by Gasteiger charge is 2.25. The van der Waals surface area contributed by atoms with Crippen LogP contribution in [0.5, 0.6) is 0 Å². The average molecular weight is 442 g/mol. The van der Waals surface area contributed by atoms with Gasteiger partial charge < -0.3 is 19.1 Å². The standard InChI is InChI=1S/C27H31N5O/c1-18-13-23(16-30(5)20(18)3)27-29-24-15-28-26(31-11-12-33-17-19(31)2)14-25(24)32(27)21(4)22-9-7-6-8-10-22/h6-10,13-16,19,21H,3,11-12,17H2,1-2,4-5H3/t19-,21-/m0/s1. The zero-order valence-electron chi connectivity index (χ0n) is 19.8. The summed E-state index contributed by atoms with van der Waals surface area (Å²) in [6.45, 7) is 13.0. The number of anilines is 1. The van der Waals surface area contributed by atoms with Gasteiger partial charge in [-0.2, -0.15) is 0 Å². The van der Waals surface area contributed by atoms with Crippen LogP contribution in [0.4, 0.5) is 5.82 Å². The number of ether oxygens (including phenoxy) is 1. The number of likely N-dealkylation sites (N-methyl/N-ethyl adjacent to an activating group) is 1. The second-order valence-corrected chi connectivity index (χ2v) is 9.01. The fourth-order valence-corrected chi connectivity index (χ4v) is 4.73. The second kappa shape index (κ2) is 8.52. The van der Waals surface area contributed by atoms with Crippen LogP contribution in [0.25, 0.3) is 16.6 Å². The number of hydrogen-bond acceptors (Lipinski definition) is 5. The monoisotopic (exact) mass is 441 g/mol. The minimum Gasteiger partial charge on any atom is -0.377 e. The molecule has 4 heterocycles. The third kappa shape index (κ3) is 3.85. The third-order valence-corrected chi connectivity index (χ3v) is 6.74. The van der Waals surface area contributed by atoms with E-state index in [2.05, 4.69) is 90.4 Å². The van der Waals surface area contributed by atoms with Crippen LogP contribution >= 0.6 is 0 Å². The van der Waals surface area contributed by atoms with Crippen molar-refractivity contribution in [2.75, 3.05) is 31.7 Å². The van der Waals surface area contributed by atoms with E-state index in [9.17, 15) is 0 Å². The Morgan fingerprint density at radius 3 is 2.73 bits per heavy atom. The first kappa shape index (κ1) is 21.5. The first-order chi connectivity index (χ1) is 15.9. The van der Waals surface area contributed by atoms with Crippen molar-refractivity contribution >= 4 is 22.4 Å². The molecule has 0 bridgehead atoms. The summed E-state index contributed by atoms with van der Waals surface area (Å²) < 4.78 is 7.99. The fraction of sp³-hybridized carbons (Fsp3) is 0.333. The molecule has 3 aromatic rings. The molecule has 0 N–H and O–H groups in total. The van der Waals surface area contributed by atoms with Crippen LogP contribution in [0, 0.1) is 0 Å². The van der Waals surface area contributed by atoms with Gasteiger partial charge in [-0.3, -0.25) is 0 Å². The second-order valence-electron chi connectivity index (χ2n) is 9.01. The number of imidazole rings is 1. The van der Waals surface area contributed by atoms with E-state index < -0.39 is 0 Å². The highest BCUT2D eigenvalue weighted by atomic mass is 16.5. The highest BCUT2D eigenvalue weighted by Crippen LogP contribution is 2.34. The molecule has 0 spiro atoms. The summed E-state index contributed by atoms with van der Waals surface area (Å²) >= 11 is 0. The molecule has 0 amide bonds. The van der Waals surface area contributed by atoms with E-state index >= 15 is 0 Å². The van der Waals surface area contributed by atoms with E-state index in [-0.39, 0.29) is 12.1 Å². The minimum absolute atomic E-state index is 0.105. The lowest BCUT2D eigenvalue weighted by atomic mass is 10.0. The fourth-order valence-electron chi connectivity index (χ4n) is 4.73. The topological polar surface area (TPSA) is 46.4 Å². The number of nitrogens with zero attached hydrogens (tertiary/aromatic N) is 5. The van der Waals surface area contributed by atoms with Gasteiger partial charge in [0.2, 0.25) is 0 Å². The molecule has 1 aromatic carbocycles. The van der Waals surface area contributed by atoms with Gasteiger partial charge in [0.05, 0.1) is 37.0 Å². The van der Waals surface area contributed by atoms with E-state index in [1.165, 1.54) is 5.56 Å². The van der Waals surface area contributed by atoms with Gasteiger partial charge in [-0.15, -0.1) is 0 Å². The van der Waals surface area contributed by atoms with Crippen LogP contribution in [-0.2, 0) is 4.74 Å². The Bertz CT molecular complexity index is 1260. The summed E-state index contributed by atoms with van der Waals surface area (Å²) in [6, 6.07) is 13.2. The van der Waals surface area contributed by atoms with Crippen LogP contribution in [0.15, 0.2) is 72.7 Å². The molecule has 170 valence electrons. The number of benzene rings is 1. The molecule has 6 heteroatoms. The van der Waals surface area contributed by atoms with Crippen molar-refractivity contribution in [1.29, 1.82) is 0 Å². The third-order valence-electron chi connectivity index (χ3n) is 6.74. The molecule has 0 saturated carbocycles. The van der Waals surface area contributed by atoms with Crippen molar-refractivity contribution in [3.8, 4) is 0 Å². The normalized spacial score (nSPS) is 20.1. The molecule has 33 heavy (non-hydrogen) atoms. The summed E-state index contributed by atoms with van der Waals surface area (Å²) in [5.74, 6) is 1.91. The van der Waals surface area contributed by atoms with Crippen molar-refractivity contribution in [2.24, 2.45) is 0 Å². The molecule has 5 rings (SSSR count). The van der Waals surface area contributed by atoms with Crippen LogP contribution in [0.2, 0.25) is 0 Å². The maximum absolute atomic E-state index is 5.64. The van der Waals surface area contributed by atoms with E-state index in [0.717, 1.165) is 59.3 Å². The van der Waals surface area contributed by atoms with E-state index in [0.29, 0.717) is 0 Å². The maximum Gasteiger partial charge on any atom is 0.143 e. The first-order valence-corrected chi connectivity index (χ1v) is 11.5. The Labute approximate surface area is 195 Å². The number of morpholine rings is 1. The van der Waals surface area contributed by atoms with Crippen LogP contribution < -0.4 is 4.90 Å². The van der Waals surface area contributed by atoms with Crippen molar-refractivity contribution < 1.29 is 4.74 Å². The van der Waals surface area contributed by atoms with Crippen LogP contribution in [0.3, 0.4) is 0 Å². The lowest BCUT2D eigenvalue weighted by Gasteiger charge is -2.34.